The molecule has 0 aliphatic heterocycles. The lowest BCUT2D eigenvalue weighted by atomic mass is 10.1. The van der Waals surface area contributed by atoms with E-state index >= 15 is 0 Å². The van der Waals surface area contributed by atoms with Crippen LogP contribution in [0.1, 0.15) is 26.3 Å². The Balaban J connectivity index is 2.33. The number of carbonyl (C=O) groups excluding carboxylic acids is 1. The average Bonchev–Trinajstić information content (AvgIpc) is 2.27. The Hall–Kier alpha value is -1.33. The van der Waals surface area contributed by atoms with E-state index in [9.17, 15) is 9.90 Å². The number of ether oxygens (including phenoxy) is 1. The van der Waals surface area contributed by atoms with Crippen molar-refractivity contribution in [1.29, 1.82) is 0 Å². The second kappa shape index (κ2) is 6.73. The third-order valence-electron chi connectivity index (χ3n) is 2.14. The number of aliphatic hydroxyl groups is 1. The molecule has 0 saturated carbocycles. The first kappa shape index (κ1) is 15.7. The van der Waals surface area contributed by atoms with E-state index in [4.69, 9.17) is 16.3 Å². The third kappa shape index (κ3) is 6.98. The molecule has 0 saturated heterocycles. The number of nitrogens with zero attached hydrogens (tertiary/aromatic N) is 1. The Morgan fingerprint density at radius 2 is 2.21 bits per heavy atom. The van der Waals surface area contributed by atoms with Crippen molar-refractivity contribution in [1.82, 2.24) is 10.3 Å². The highest BCUT2D eigenvalue weighted by atomic mass is 35.5. The topological polar surface area (TPSA) is 71.5 Å². The van der Waals surface area contributed by atoms with E-state index in [1.807, 2.05) is 0 Å². The van der Waals surface area contributed by atoms with Crippen LogP contribution in [-0.2, 0) is 11.2 Å². The second-order valence-corrected chi connectivity index (χ2v) is 5.62. The number of halogens is 1. The van der Waals surface area contributed by atoms with E-state index in [0.29, 0.717) is 11.6 Å². The van der Waals surface area contributed by atoms with E-state index in [1.165, 1.54) is 0 Å². The largest absolute Gasteiger partial charge is 0.444 e. The van der Waals surface area contributed by atoms with E-state index in [0.717, 1.165) is 5.56 Å². The van der Waals surface area contributed by atoms with Crippen molar-refractivity contribution < 1.29 is 14.6 Å². The maximum atomic E-state index is 11.4. The predicted molar refractivity (Wildman–Crippen MR) is 73.2 cm³/mol. The van der Waals surface area contributed by atoms with Crippen LogP contribution >= 0.6 is 11.6 Å². The summed E-state index contributed by atoms with van der Waals surface area (Å²) in [6, 6.07) is 3.44. The molecule has 19 heavy (non-hydrogen) atoms. The summed E-state index contributed by atoms with van der Waals surface area (Å²) in [4.78, 5) is 15.3. The van der Waals surface area contributed by atoms with Crippen LogP contribution in [0.3, 0.4) is 0 Å². The Kier molecular flexibility index (Phi) is 5.57. The summed E-state index contributed by atoms with van der Waals surface area (Å²) in [6.45, 7) is 5.46. The molecule has 1 atom stereocenters. The van der Waals surface area contributed by atoms with Crippen molar-refractivity contribution in [3.05, 3.63) is 29.0 Å². The SMILES string of the molecule is CC(C)(C)OC(=O)NCC(O)Cc1ccc(Cl)nc1. The van der Waals surface area contributed by atoms with Crippen molar-refractivity contribution >= 4 is 17.7 Å². The molecular weight excluding hydrogens is 268 g/mol. The lowest BCUT2D eigenvalue weighted by Gasteiger charge is -2.20. The Morgan fingerprint density at radius 3 is 2.74 bits per heavy atom. The molecule has 0 radical (unpaired) electrons. The van der Waals surface area contributed by atoms with Gasteiger partial charge in [0, 0.05) is 19.2 Å². The normalized spacial score (nSPS) is 12.9. The molecule has 106 valence electrons. The Labute approximate surface area is 117 Å². The number of aromatic nitrogens is 1. The number of alkyl carbamates (subject to hydrolysis) is 1. The summed E-state index contributed by atoms with van der Waals surface area (Å²) in [5.74, 6) is 0. The molecule has 1 heterocycles. The molecule has 0 aromatic carbocycles. The summed E-state index contributed by atoms with van der Waals surface area (Å²) < 4.78 is 5.06. The molecule has 1 aromatic heterocycles. The molecule has 1 unspecified atom stereocenters. The van der Waals surface area contributed by atoms with Crippen molar-refractivity contribution in [2.75, 3.05) is 6.54 Å². The fourth-order valence-corrected chi connectivity index (χ4v) is 1.50. The number of nitrogens with one attached hydrogen (secondary N) is 1. The minimum atomic E-state index is -0.699. The second-order valence-electron chi connectivity index (χ2n) is 5.23. The van der Waals surface area contributed by atoms with Gasteiger partial charge in [-0.2, -0.15) is 0 Å². The lowest BCUT2D eigenvalue weighted by molar-refractivity contribution is 0.0492. The van der Waals surface area contributed by atoms with Crippen LogP contribution < -0.4 is 5.32 Å². The number of amides is 1. The molecule has 5 nitrogen and oxygen atoms in total. The van der Waals surface area contributed by atoms with Gasteiger partial charge in [-0.15, -0.1) is 0 Å². The summed E-state index contributed by atoms with van der Waals surface area (Å²) in [5.41, 5.74) is 0.303. The van der Waals surface area contributed by atoms with Crippen LogP contribution in [-0.4, -0.2) is 34.4 Å². The molecule has 1 amide bonds. The van der Waals surface area contributed by atoms with Crippen molar-refractivity contribution in [3.8, 4) is 0 Å². The number of aliphatic hydroxyl groups excluding tert-OH is 1. The zero-order valence-electron chi connectivity index (χ0n) is 11.3. The maximum Gasteiger partial charge on any atom is 0.407 e. The van der Waals surface area contributed by atoms with Gasteiger partial charge in [-0.25, -0.2) is 9.78 Å². The molecule has 0 spiro atoms. The van der Waals surface area contributed by atoms with Crippen LogP contribution in [0.5, 0.6) is 0 Å². The van der Waals surface area contributed by atoms with Crippen molar-refractivity contribution in [2.24, 2.45) is 0 Å². The minimum Gasteiger partial charge on any atom is -0.444 e. The highest BCUT2D eigenvalue weighted by Gasteiger charge is 2.16. The Bertz CT molecular complexity index is 415. The molecule has 0 aliphatic rings. The Morgan fingerprint density at radius 1 is 1.53 bits per heavy atom. The van der Waals surface area contributed by atoms with Crippen LogP contribution in [0, 0.1) is 0 Å². The predicted octanol–water partition coefficient (Wildman–Crippen LogP) is 2.16. The van der Waals surface area contributed by atoms with Gasteiger partial charge in [-0.3, -0.25) is 0 Å². The standard InChI is InChI=1S/C13H19ClN2O3/c1-13(2,3)19-12(18)16-8-10(17)6-9-4-5-11(14)15-7-9/h4-5,7,10,17H,6,8H2,1-3H3,(H,16,18). The third-order valence-corrected chi connectivity index (χ3v) is 2.36. The van der Waals surface area contributed by atoms with Crippen molar-refractivity contribution in [2.45, 2.75) is 38.9 Å². The number of pyridine rings is 1. The van der Waals surface area contributed by atoms with Crippen LogP contribution in [0.2, 0.25) is 5.15 Å². The van der Waals surface area contributed by atoms with E-state index in [1.54, 1.807) is 39.1 Å². The zero-order chi connectivity index (χ0) is 14.5. The molecule has 0 aliphatic carbocycles. The maximum absolute atomic E-state index is 11.4. The van der Waals surface area contributed by atoms with Gasteiger partial charge in [0.15, 0.2) is 0 Å². The molecule has 2 N–H and O–H groups in total. The smallest absolute Gasteiger partial charge is 0.407 e. The van der Waals surface area contributed by atoms with Gasteiger partial charge < -0.3 is 15.2 Å². The van der Waals surface area contributed by atoms with Gasteiger partial charge >= 0.3 is 6.09 Å². The number of hydrogen-bond donors (Lipinski definition) is 2. The minimum absolute atomic E-state index is 0.123. The first-order chi connectivity index (χ1) is 8.76. The number of rotatable bonds is 4. The summed E-state index contributed by atoms with van der Waals surface area (Å²) in [7, 11) is 0. The van der Waals surface area contributed by atoms with Crippen LogP contribution in [0.4, 0.5) is 4.79 Å². The van der Waals surface area contributed by atoms with E-state index in [2.05, 4.69) is 10.3 Å². The highest BCUT2D eigenvalue weighted by molar-refractivity contribution is 6.29. The van der Waals surface area contributed by atoms with Gasteiger partial charge in [-0.1, -0.05) is 17.7 Å². The van der Waals surface area contributed by atoms with Gasteiger partial charge in [0.2, 0.25) is 0 Å². The molecular formula is C13H19ClN2O3. The summed E-state index contributed by atoms with van der Waals surface area (Å²) in [5, 5.41) is 12.7. The molecule has 0 fully saturated rings. The van der Waals surface area contributed by atoms with E-state index in [-0.39, 0.29) is 6.54 Å². The fourth-order valence-electron chi connectivity index (χ4n) is 1.39. The fraction of sp³-hybridized carbons (Fsp3) is 0.538. The summed E-state index contributed by atoms with van der Waals surface area (Å²) in [6.07, 6.45) is 0.746. The highest BCUT2D eigenvalue weighted by Crippen LogP contribution is 2.08. The van der Waals surface area contributed by atoms with Crippen molar-refractivity contribution in [3.63, 3.8) is 0 Å². The van der Waals surface area contributed by atoms with Crippen LogP contribution in [0.25, 0.3) is 0 Å². The lowest BCUT2D eigenvalue weighted by Crippen LogP contribution is -2.37. The van der Waals surface area contributed by atoms with Crippen LogP contribution in [0.15, 0.2) is 18.3 Å². The quantitative estimate of drug-likeness (QED) is 0.832. The summed E-state index contributed by atoms with van der Waals surface area (Å²) >= 11 is 5.67. The molecule has 1 rings (SSSR count). The van der Waals surface area contributed by atoms with Gasteiger partial charge in [0.1, 0.15) is 10.8 Å². The number of carbonyl (C=O) groups is 1. The molecule has 6 heteroatoms. The van der Waals surface area contributed by atoms with E-state index < -0.39 is 17.8 Å². The zero-order valence-corrected chi connectivity index (χ0v) is 12.1. The van der Waals surface area contributed by atoms with Gasteiger partial charge in [0.05, 0.1) is 6.10 Å². The molecule has 1 aromatic rings. The molecule has 0 bridgehead atoms. The first-order valence-corrected chi connectivity index (χ1v) is 6.39. The first-order valence-electron chi connectivity index (χ1n) is 6.01. The number of hydrogen-bond acceptors (Lipinski definition) is 4. The van der Waals surface area contributed by atoms with Gasteiger partial charge in [0.25, 0.3) is 0 Å². The average molecular weight is 287 g/mol. The monoisotopic (exact) mass is 286 g/mol. The van der Waals surface area contributed by atoms with Gasteiger partial charge in [-0.05, 0) is 32.4 Å².